The zero-order valence-electron chi connectivity index (χ0n) is 11.8. The number of pyridine rings is 1. The number of nitrogens with zero attached hydrogens (tertiary/aromatic N) is 1. The molecule has 3 nitrogen and oxygen atoms in total. The second-order valence-electron chi connectivity index (χ2n) is 5.44. The first-order valence-corrected chi connectivity index (χ1v) is 7.61. The van der Waals surface area contributed by atoms with Crippen molar-refractivity contribution in [2.75, 3.05) is 0 Å². The maximum Gasteiger partial charge on any atom is 0.213 e. The highest BCUT2D eigenvalue weighted by molar-refractivity contribution is 5.17. The van der Waals surface area contributed by atoms with Crippen molar-refractivity contribution in [1.29, 1.82) is 0 Å². The molecule has 106 valence electrons. The maximum atomic E-state index is 9.98. The van der Waals surface area contributed by atoms with Crippen molar-refractivity contribution in [2.24, 2.45) is 0 Å². The lowest BCUT2D eigenvalue weighted by Gasteiger charge is -2.17. The van der Waals surface area contributed by atoms with Gasteiger partial charge in [-0.2, -0.15) is 0 Å². The summed E-state index contributed by atoms with van der Waals surface area (Å²) < 4.78 is 5.98. The third-order valence-electron chi connectivity index (χ3n) is 3.74. The minimum atomic E-state index is -0.470. The van der Waals surface area contributed by atoms with Crippen molar-refractivity contribution in [3.05, 3.63) is 23.9 Å². The molecule has 0 amide bonds. The Morgan fingerprint density at radius 1 is 1.26 bits per heavy atom. The predicted octanol–water partition coefficient (Wildman–Crippen LogP) is 4.02. The van der Waals surface area contributed by atoms with Gasteiger partial charge in [0, 0.05) is 6.07 Å². The highest BCUT2D eigenvalue weighted by atomic mass is 16.5. The molecule has 0 saturated heterocycles. The number of hydrogen-bond donors (Lipinski definition) is 1. The van der Waals surface area contributed by atoms with E-state index in [4.69, 9.17) is 4.74 Å². The average Bonchev–Trinajstić information content (AvgIpc) is 2.68. The van der Waals surface area contributed by atoms with E-state index in [0.29, 0.717) is 12.0 Å². The SMILES string of the molecule is CCC[C@@H](O)c1cccc(OC2CCCCCC2)n1. The van der Waals surface area contributed by atoms with Crippen molar-refractivity contribution in [1.82, 2.24) is 4.98 Å². The zero-order valence-corrected chi connectivity index (χ0v) is 11.8. The Labute approximate surface area is 116 Å². The minimum Gasteiger partial charge on any atom is -0.474 e. The summed E-state index contributed by atoms with van der Waals surface area (Å²) in [6.45, 7) is 2.06. The summed E-state index contributed by atoms with van der Waals surface area (Å²) in [5, 5.41) is 9.98. The van der Waals surface area contributed by atoms with Gasteiger partial charge in [-0.05, 0) is 38.2 Å². The molecule has 1 fully saturated rings. The number of ether oxygens (including phenoxy) is 1. The molecule has 0 aromatic carbocycles. The van der Waals surface area contributed by atoms with E-state index in [1.165, 1.54) is 25.7 Å². The largest absolute Gasteiger partial charge is 0.474 e. The molecule has 1 saturated carbocycles. The maximum absolute atomic E-state index is 9.98. The first-order chi connectivity index (χ1) is 9.29. The van der Waals surface area contributed by atoms with Gasteiger partial charge in [0.1, 0.15) is 6.10 Å². The summed E-state index contributed by atoms with van der Waals surface area (Å²) in [6.07, 6.45) is 8.94. The molecule has 19 heavy (non-hydrogen) atoms. The first kappa shape index (κ1) is 14.3. The minimum absolute atomic E-state index is 0.300. The molecule has 0 radical (unpaired) electrons. The molecule has 1 aliphatic rings. The van der Waals surface area contributed by atoms with Crippen molar-refractivity contribution in [3.8, 4) is 5.88 Å². The molecule has 1 aliphatic carbocycles. The lowest BCUT2D eigenvalue weighted by Crippen LogP contribution is -2.16. The van der Waals surface area contributed by atoms with Crippen LogP contribution in [-0.4, -0.2) is 16.2 Å². The molecule has 0 aliphatic heterocycles. The number of rotatable bonds is 5. The van der Waals surface area contributed by atoms with Crippen LogP contribution in [0, 0.1) is 0 Å². The average molecular weight is 263 g/mol. The second-order valence-corrected chi connectivity index (χ2v) is 5.44. The fraction of sp³-hybridized carbons (Fsp3) is 0.688. The van der Waals surface area contributed by atoms with Crippen LogP contribution >= 0.6 is 0 Å². The van der Waals surface area contributed by atoms with Crippen LogP contribution in [0.15, 0.2) is 18.2 Å². The Kier molecular flexibility index (Phi) is 5.64. The number of aromatic nitrogens is 1. The fourth-order valence-corrected chi connectivity index (χ4v) is 2.63. The predicted molar refractivity (Wildman–Crippen MR) is 76.2 cm³/mol. The van der Waals surface area contributed by atoms with E-state index in [2.05, 4.69) is 11.9 Å². The van der Waals surface area contributed by atoms with Gasteiger partial charge in [0.05, 0.1) is 11.8 Å². The number of hydrogen-bond acceptors (Lipinski definition) is 3. The molecule has 0 unspecified atom stereocenters. The molecule has 0 bridgehead atoms. The molecule has 1 atom stereocenters. The number of aliphatic hydroxyl groups excluding tert-OH is 1. The van der Waals surface area contributed by atoms with Crippen LogP contribution in [0.5, 0.6) is 5.88 Å². The quantitative estimate of drug-likeness (QED) is 0.816. The standard InChI is InChI=1S/C16H25NO2/c1-2-8-15(18)14-11-7-12-16(17-14)19-13-9-5-3-4-6-10-13/h7,11-13,15,18H,2-6,8-10H2,1H3/t15-/m1/s1. The molecule has 1 aromatic heterocycles. The molecule has 3 heteroatoms. The molecule has 0 spiro atoms. The summed E-state index contributed by atoms with van der Waals surface area (Å²) in [6, 6.07) is 5.70. The molecule has 2 rings (SSSR count). The summed E-state index contributed by atoms with van der Waals surface area (Å²) in [4.78, 5) is 4.44. The van der Waals surface area contributed by atoms with Crippen LogP contribution in [0.25, 0.3) is 0 Å². The van der Waals surface area contributed by atoms with Gasteiger partial charge in [-0.15, -0.1) is 0 Å². The van der Waals surface area contributed by atoms with Crippen LogP contribution < -0.4 is 4.74 Å². The third kappa shape index (κ3) is 4.50. The van der Waals surface area contributed by atoms with Crippen LogP contribution in [-0.2, 0) is 0 Å². The molecule has 1 heterocycles. The normalized spacial score (nSPS) is 18.8. The van der Waals surface area contributed by atoms with E-state index in [9.17, 15) is 5.11 Å². The van der Waals surface area contributed by atoms with E-state index in [1.54, 1.807) is 0 Å². The smallest absolute Gasteiger partial charge is 0.213 e. The van der Waals surface area contributed by atoms with Gasteiger partial charge in [0.2, 0.25) is 5.88 Å². The Hall–Kier alpha value is -1.09. The van der Waals surface area contributed by atoms with Crippen molar-refractivity contribution >= 4 is 0 Å². The zero-order chi connectivity index (χ0) is 13.5. The number of aliphatic hydroxyl groups is 1. The summed E-state index contributed by atoms with van der Waals surface area (Å²) in [5.74, 6) is 0.666. The van der Waals surface area contributed by atoms with Crippen LogP contribution in [0.4, 0.5) is 0 Å². The first-order valence-electron chi connectivity index (χ1n) is 7.61. The lowest BCUT2D eigenvalue weighted by atomic mass is 10.1. The van der Waals surface area contributed by atoms with Crippen molar-refractivity contribution in [2.45, 2.75) is 70.5 Å². The van der Waals surface area contributed by atoms with Crippen LogP contribution in [0.1, 0.15) is 70.1 Å². The van der Waals surface area contributed by atoms with Crippen molar-refractivity contribution < 1.29 is 9.84 Å². The van der Waals surface area contributed by atoms with Gasteiger partial charge in [-0.1, -0.05) is 32.3 Å². The van der Waals surface area contributed by atoms with Gasteiger partial charge in [0.15, 0.2) is 0 Å². The van der Waals surface area contributed by atoms with E-state index in [0.717, 1.165) is 31.4 Å². The van der Waals surface area contributed by atoms with Gasteiger partial charge in [0.25, 0.3) is 0 Å². The van der Waals surface area contributed by atoms with E-state index in [1.807, 2.05) is 18.2 Å². The highest BCUT2D eigenvalue weighted by Crippen LogP contribution is 2.23. The van der Waals surface area contributed by atoms with Gasteiger partial charge in [-0.25, -0.2) is 4.98 Å². The van der Waals surface area contributed by atoms with Gasteiger partial charge < -0.3 is 9.84 Å². The Bertz CT molecular complexity index is 373. The lowest BCUT2D eigenvalue weighted by molar-refractivity contribution is 0.153. The van der Waals surface area contributed by atoms with Crippen LogP contribution in [0.2, 0.25) is 0 Å². The second kappa shape index (κ2) is 7.49. The Morgan fingerprint density at radius 3 is 2.68 bits per heavy atom. The molecule has 1 N–H and O–H groups in total. The van der Waals surface area contributed by atoms with Gasteiger partial charge >= 0.3 is 0 Å². The van der Waals surface area contributed by atoms with E-state index < -0.39 is 6.10 Å². The molecule has 1 aromatic rings. The third-order valence-corrected chi connectivity index (χ3v) is 3.74. The van der Waals surface area contributed by atoms with Crippen LogP contribution in [0.3, 0.4) is 0 Å². The highest BCUT2D eigenvalue weighted by Gasteiger charge is 2.15. The summed E-state index contributed by atoms with van der Waals surface area (Å²) in [7, 11) is 0. The summed E-state index contributed by atoms with van der Waals surface area (Å²) in [5.41, 5.74) is 0.730. The Morgan fingerprint density at radius 2 is 2.00 bits per heavy atom. The monoisotopic (exact) mass is 263 g/mol. The van der Waals surface area contributed by atoms with E-state index in [-0.39, 0.29) is 0 Å². The van der Waals surface area contributed by atoms with E-state index >= 15 is 0 Å². The Balaban J connectivity index is 1.97. The molecular weight excluding hydrogens is 238 g/mol. The topological polar surface area (TPSA) is 42.4 Å². The van der Waals surface area contributed by atoms with Crippen molar-refractivity contribution in [3.63, 3.8) is 0 Å². The fourth-order valence-electron chi connectivity index (χ4n) is 2.63. The summed E-state index contributed by atoms with van der Waals surface area (Å²) >= 11 is 0. The molecular formula is C16H25NO2. The van der Waals surface area contributed by atoms with Gasteiger partial charge in [-0.3, -0.25) is 0 Å².